The molecule has 2 rings (SSSR count). The van der Waals surface area contributed by atoms with Crippen LogP contribution in [0.1, 0.15) is 24.0 Å². The van der Waals surface area contributed by atoms with Gasteiger partial charge in [0.2, 0.25) is 0 Å². The number of hydrogen-bond donors (Lipinski definition) is 0. The Kier molecular flexibility index (Phi) is 3.83. The molecule has 0 aromatic heterocycles. The molecule has 0 aliphatic carbocycles. The largest absolute Gasteiger partial charge is 0.493 e. The van der Waals surface area contributed by atoms with Gasteiger partial charge in [0, 0.05) is 13.2 Å². The fourth-order valence-corrected chi connectivity index (χ4v) is 2.08. The Balaban J connectivity index is 1.88. The van der Waals surface area contributed by atoms with Crippen molar-refractivity contribution in [3.63, 3.8) is 0 Å². The molecule has 1 aromatic carbocycles. The fraction of sp³-hybridized carbons (Fsp3) is 0.571. The Hall–Kier alpha value is -1.02. The molecule has 16 heavy (non-hydrogen) atoms. The van der Waals surface area contributed by atoms with E-state index in [9.17, 15) is 0 Å². The summed E-state index contributed by atoms with van der Waals surface area (Å²) >= 11 is 0. The molecule has 0 N–H and O–H groups in total. The van der Waals surface area contributed by atoms with Gasteiger partial charge in [0.1, 0.15) is 5.75 Å². The zero-order valence-corrected chi connectivity index (χ0v) is 10.2. The molecule has 1 aliphatic rings. The van der Waals surface area contributed by atoms with Gasteiger partial charge in [0.25, 0.3) is 0 Å². The molecule has 1 aromatic rings. The minimum Gasteiger partial charge on any atom is -0.493 e. The van der Waals surface area contributed by atoms with Gasteiger partial charge in [-0.2, -0.15) is 0 Å². The zero-order valence-electron chi connectivity index (χ0n) is 10.2. The van der Waals surface area contributed by atoms with Crippen LogP contribution in [-0.2, 0) is 4.74 Å². The van der Waals surface area contributed by atoms with Crippen LogP contribution in [0.25, 0.3) is 0 Å². The van der Waals surface area contributed by atoms with E-state index < -0.39 is 0 Å². The summed E-state index contributed by atoms with van der Waals surface area (Å²) < 4.78 is 11.2. The molecule has 0 amide bonds. The topological polar surface area (TPSA) is 18.5 Å². The predicted octanol–water partition coefficient (Wildman–Crippen LogP) is 3.11. The van der Waals surface area contributed by atoms with Gasteiger partial charge >= 0.3 is 0 Å². The van der Waals surface area contributed by atoms with E-state index in [1.54, 1.807) is 0 Å². The lowest BCUT2D eigenvalue weighted by Crippen LogP contribution is -2.21. The molecule has 2 heteroatoms. The summed E-state index contributed by atoms with van der Waals surface area (Å²) in [5.41, 5.74) is 2.52. The summed E-state index contributed by atoms with van der Waals surface area (Å²) in [5, 5.41) is 0. The van der Waals surface area contributed by atoms with Gasteiger partial charge in [0.15, 0.2) is 0 Å². The van der Waals surface area contributed by atoms with Crippen molar-refractivity contribution in [2.24, 2.45) is 5.92 Å². The first-order valence-corrected chi connectivity index (χ1v) is 6.03. The highest BCUT2D eigenvalue weighted by molar-refractivity contribution is 5.35. The Morgan fingerprint density at radius 3 is 2.69 bits per heavy atom. The Morgan fingerprint density at radius 1 is 1.25 bits per heavy atom. The number of ether oxygens (including phenoxy) is 2. The van der Waals surface area contributed by atoms with E-state index in [1.165, 1.54) is 11.1 Å². The summed E-state index contributed by atoms with van der Waals surface area (Å²) in [4.78, 5) is 0. The van der Waals surface area contributed by atoms with Crippen molar-refractivity contribution in [3.8, 4) is 5.75 Å². The standard InChI is InChI=1S/C14H20O2/c1-11-3-4-14(12(2)9-11)16-10-13-5-7-15-8-6-13/h3-4,9,13H,5-8,10H2,1-2H3. The van der Waals surface area contributed by atoms with E-state index in [0.29, 0.717) is 5.92 Å². The first-order chi connectivity index (χ1) is 7.75. The van der Waals surface area contributed by atoms with Gasteiger partial charge in [-0.15, -0.1) is 0 Å². The molecule has 1 fully saturated rings. The van der Waals surface area contributed by atoms with Gasteiger partial charge in [0.05, 0.1) is 6.61 Å². The van der Waals surface area contributed by atoms with E-state index in [2.05, 4.69) is 32.0 Å². The van der Waals surface area contributed by atoms with Gasteiger partial charge in [-0.25, -0.2) is 0 Å². The highest BCUT2D eigenvalue weighted by atomic mass is 16.5. The average molecular weight is 220 g/mol. The van der Waals surface area contributed by atoms with Crippen molar-refractivity contribution in [3.05, 3.63) is 29.3 Å². The van der Waals surface area contributed by atoms with Gasteiger partial charge in [-0.3, -0.25) is 0 Å². The average Bonchev–Trinajstić information content (AvgIpc) is 2.29. The SMILES string of the molecule is Cc1ccc(OCC2CCOCC2)c(C)c1. The molecule has 0 unspecified atom stereocenters. The lowest BCUT2D eigenvalue weighted by Gasteiger charge is -2.22. The Morgan fingerprint density at radius 2 is 2.00 bits per heavy atom. The second-order valence-electron chi connectivity index (χ2n) is 4.64. The molecular weight excluding hydrogens is 200 g/mol. The molecule has 1 saturated heterocycles. The minimum atomic E-state index is 0.662. The smallest absolute Gasteiger partial charge is 0.122 e. The van der Waals surface area contributed by atoms with Crippen LogP contribution in [0.5, 0.6) is 5.75 Å². The Bertz CT molecular complexity index is 341. The third-order valence-corrected chi connectivity index (χ3v) is 3.15. The van der Waals surface area contributed by atoms with E-state index in [0.717, 1.165) is 38.4 Å². The van der Waals surface area contributed by atoms with Crippen LogP contribution >= 0.6 is 0 Å². The molecule has 2 nitrogen and oxygen atoms in total. The highest BCUT2D eigenvalue weighted by Gasteiger charge is 2.14. The zero-order chi connectivity index (χ0) is 11.4. The van der Waals surface area contributed by atoms with Crippen molar-refractivity contribution in [1.29, 1.82) is 0 Å². The third-order valence-electron chi connectivity index (χ3n) is 3.15. The highest BCUT2D eigenvalue weighted by Crippen LogP contribution is 2.21. The predicted molar refractivity (Wildman–Crippen MR) is 65.0 cm³/mol. The summed E-state index contributed by atoms with van der Waals surface area (Å²) in [6.45, 7) is 6.82. The fourth-order valence-electron chi connectivity index (χ4n) is 2.08. The molecule has 0 radical (unpaired) electrons. The van der Waals surface area contributed by atoms with Crippen molar-refractivity contribution < 1.29 is 9.47 Å². The van der Waals surface area contributed by atoms with E-state index in [4.69, 9.17) is 9.47 Å². The summed E-state index contributed by atoms with van der Waals surface area (Å²) in [6.07, 6.45) is 2.26. The molecule has 88 valence electrons. The van der Waals surface area contributed by atoms with Crippen LogP contribution in [-0.4, -0.2) is 19.8 Å². The Labute approximate surface area is 97.6 Å². The van der Waals surface area contributed by atoms with Crippen LogP contribution in [0.4, 0.5) is 0 Å². The van der Waals surface area contributed by atoms with Crippen molar-refractivity contribution in [1.82, 2.24) is 0 Å². The maximum Gasteiger partial charge on any atom is 0.122 e. The van der Waals surface area contributed by atoms with Crippen LogP contribution in [0.2, 0.25) is 0 Å². The molecular formula is C14H20O2. The van der Waals surface area contributed by atoms with Crippen LogP contribution in [0.3, 0.4) is 0 Å². The minimum absolute atomic E-state index is 0.662. The number of aryl methyl sites for hydroxylation is 2. The molecule has 0 spiro atoms. The number of hydrogen-bond acceptors (Lipinski definition) is 2. The van der Waals surface area contributed by atoms with Crippen molar-refractivity contribution in [2.45, 2.75) is 26.7 Å². The monoisotopic (exact) mass is 220 g/mol. The molecule has 1 aliphatic heterocycles. The quantitative estimate of drug-likeness (QED) is 0.779. The summed E-state index contributed by atoms with van der Waals surface area (Å²) in [5.74, 6) is 1.69. The van der Waals surface area contributed by atoms with Crippen LogP contribution in [0, 0.1) is 19.8 Å². The van der Waals surface area contributed by atoms with Gasteiger partial charge in [-0.05, 0) is 44.2 Å². The maximum absolute atomic E-state index is 5.88. The van der Waals surface area contributed by atoms with Crippen LogP contribution in [0.15, 0.2) is 18.2 Å². The second-order valence-corrected chi connectivity index (χ2v) is 4.64. The number of rotatable bonds is 3. The third kappa shape index (κ3) is 2.99. The van der Waals surface area contributed by atoms with E-state index in [-0.39, 0.29) is 0 Å². The van der Waals surface area contributed by atoms with Crippen molar-refractivity contribution >= 4 is 0 Å². The lowest BCUT2D eigenvalue weighted by atomic mass is 10.0. The maximum atomic E-state index is 5.88. The molecule has 0 saturated carbocycles. The lowest BCUT2D eigenvalue weighted by molar-refractivity contribution is 0.0496. The van der Waals surface area contributed by atoms with Crippen molar-refractivity contribution in [2.75, 3.05) is 19.8 Å². The summed E-state index contributed by atoms with van der Waals surface area (Å²) in [7, 11) is 0. The summed E-state index contributed by atoms with van der Waals surface area (Å²) in [6, 6.07) is 6.34. The normalized spacial score (nSPS) is 17.4. The van der Waals surface area contributed by atoms with E-state index >= 15 is 0 Å². The second kappa shape index (κ2) is 5.35. The first-order valence-electron chi connectivity index (χ1n) is 6.03. The van der Waals surface area contributed by atoms with E-state index in [1.807, 2.05) is 0 Å². The molecule has 0 bridgehead atoms. The molecule has 1 heterocycles. The molecule has 0 atom stereocenters. The van der Waals surface area contributed by atoms with Gasteiger partial charge in [-0.1, -0.05) is 17.7 Å². The first kappa shape index (κ1) is 11.5. The number of benzene rings is 1. The van der Waals surface area contributed by atoms with Gasteiger partial charge < -0.3 is 9.47 Å². The van der Waals surface area contributed by atoms with Crippen LogP contribution < -0.4 is 4.74 Å².